The summed E-state index contributed by atoms with van der Waals surface area (Å²) in [5.41, 5.74) is 5.53. The van der Waals surface area contributed by atoms with Crippen LogP contribution >= 0.6 is 0 Å². The Hall–Kier alpha value is -0.810. The average Bonchev–Trinajstić information content (AvgIpc) is 2.91. The number of oxime groups is 1. The molecule has 0 radical (unpaired) electrons. The van der Waals surface area contributed by atoms with Gasteiger partial charge in [0.05, 0.1) is 0 Å². The first-order valence-electron chi connectivity index (χ1n) is 7.07. The van der Waals surface area contributed by atoms with E-state index in [4.69, 9.17) is 10.9 Å². The van der Waals surface area contributed by atoms with Crippen LogP contribution < -0.4 is 11.1 Å². The second-order valence-electron chi connectivity index (χ2n) is 5.27. The van der Waals surface area contributed by atoms with Gasteiger partial charge in [-0.25, -0.2) is 0 Å². The van der Waals surface area contributed by atoms with Crippen molar-refractivity contribution in [3.8, 4) is 0 Å². The van der Waals surface area contributed by atoms with Crippen LogP contribution in [0.1, 0.15) is 45.4 Å². The van der Waals surface area contributed by atoms with E-state index in [2.05, 4.69) is 29.3 Å². The molecule has 1 aliphatic rings. The second kappa shape index (κ2) is 8.32. The number of rotatable bonds is 8. The van der Waals surface area contributed by atoms with E-state index in [-0.39, 0.29) is 0 Å². The molecule has 1 aliphatic carbocycles. The van der Waals surface area contributed by atoms with Crippen molar-refractivity contribution in [3.63, 3.8) is 0 Å². The summed E-state index contributed by atoms with van der Waals surface area (Å²) >= 11 is 0. The Morgan fingerprint density at radius 3 is 2.72 bits per heavy atom. The maximum absolute atomic E-state index is 8.56. The molecule has 1 unspecified atom stereocenters. The molecule has 0 saturated heterocycles. The van der Waals surface area contributed by atoms with Crippen molar-refractivity contribution < 1.29 is 5.21 Å². The maximum atomic E-state index is 8.56. The van der Waals surface area contributed by atoms with Crippen LogP contribution in [-0.2, 0) is 0 Å². The zero-order valence-electron chi connectivity index (χ0n) is 11.7. The monoisotopic (exact) mass is 256 g/mol. The lowest BCUT2D eigenvalue weighted by molar-refractivity contribution is 0.241. The summed E-state index contributed by atoms with van der Waals surface area (Å²) in [4.78, 5) is 2.45. The molecule has 0 bridgehead atoms. The Morgan fingerprint density at radius 2 is 2.17 bits per heavy atom. The number of amidine groups is 1. The molecule has 4 N–H and O–H groups in total. The Bertz CT molecular complexity index is 251. The number of likely N-dealkylation sites (N-methyl/N-ethyl adjacent to an activating group) is 1. The van der Waals surface area contributed by atoms with Gasteiger partial charge in [0.25, 0.3) is 0 Å². The summed E-state index contributed by atoms with van der Waals surface area (Å²) in [6.07, 6.45) is 7.05. The van der Waals surface area contributed by atoms with E-state index in [0.717, 1.165) is 25.6 Å². The van der Waals surface area contributed by atoms with Gasteiger partial charge in [0.1, 0.15) is 5.84 Å². The molecule has 0 aromatic heterocycles. The van der Waals surface area contributed by atoms with Crippen molar-refractivity contribution in [2.75, 3.05) is 20.1 Å². The average molecular weight is 256 g/mol. The van der Waals surface area contributed by atoms with E-state index in [0.29, 0.717) is 18.3 Å². The molecule has 106 valence electrons. The summed E-state index contributed by atoms with van der Waals surface area (Å²) in [7, 11) is 2.21. The predicted molar refractivity (Wildman–Crippen MR) is 75.0 cm³/mol. The first kappa shape index (κ1) is 15.2. The summed E-state index contributed by atoms with van der Waals surface area (Å²) in [6, 6.07) is 1.08. The fourth-order valence-corrected chi connectivity index (χ4v) is 2.63. The van der Waals surface area contributed by atoms with Gasteiger partial charge >= 0.3 is 0 Å². The number of nitrogens with one attached hydrogen (secondary N) is 1. The molecule has 0 aliphatic heterocycles. The van der Waals surface area contributed by atoms with Gasteiger partial charge in [0.2, 0.25) is 0 Å². The van der Waals surface area contributed by atoms with Gasteiger partial charge in [0.15, 0.2) is 0 Å². The molecule has 0 aromatic carbocycles. The van der Waals surface area contributed by atoms with E-state index in [1.807, 2.05) is 0 Å². The molecule has 5 heteroatoms. The van der Waals surface area contributed by atoms with Crippen LogP contribution in [0.15, 0.2) is 5.16 Å². The summed E-state index contributed by atoms with van der Waals surface area (Å²) < 4.78 is 0. The van der Waals surface area contributed by atoms with Crippen molar-refractivity contribution in [2.45, 2.75) is 57.5 Å². The van der Waals surface area contributed by atoms with Crippen molar-refractivity contribution in [2.24, 2.45) is 10.9 Å². The lowest BCUT2D eigenvalue weighted by Gasteiger charge is -2.25. The van der Waals surface area contributed by atoms with Gasteiger partial charge in [-0.15, -0.1) is 0 Å². The highest BCUT2D eigenvalue weighted by Gasteiger charge is 2.19. The zero-order valence-corrected chi connectivity index (χ0v) is 11.7. The summed E-state index contributed by atoms with van der Waals surface area (Å²) in [5.74, 6) is 0.304. The van der Waals surface area contributed by atoms with E-state index in [9.17, 15) is 0 Å². The fraction of sp³-hybridized carbons (Fsp3) is 0.923. The Labute approximate surface area is 110 Å². The topological polar surface area (TPSA) is 73.9 Å². The minimum Gasteiger partial charge on any atom is -0.409 e. The Morgan fingerprint density at radius 1 is 1.50 bits per heavy atom. The number of nitrogens with zero attached hydrogens (tertiary/aromatic N) is 2. The number of nitrogens with two attached hydrogens (primary N) is 1. The Balaban J connectivity index is 2.18. The van der Waals surface area contributed by atoms with Crippen molar-refractivity contribution in [1.82, 2.24) is 10.2 Å². The van der Waals surface area contributed by atoms with Gasteiger partial charge < -0.3 is 21.2 Å². The van der Waals surface area contributed by atoms with Crippen molar-refractivity contribution >= 4 is 5.84 Å². The molecule has 0 amide bonds. The molecular weight excluding hydrogens is 228 g/mol. The highest BCUT2D eigenvalue weighted by molar-refractivity contribution is 5.80. The second-order valence-corrected chi connectivity index (χ2v) is 5.27. The normalized spacial score (nSPS) is 19.6. The quantitative estimate of drug-likeness (QED) is 0.265. The van der Waals surface area contributed by atoms with E-state index in [1.54, 1.807) is 0 Å². The van der Waals surface area contributed by atoms with Crippen molar-refractivity contribution in [1.29, 1.82) is 0 Å². The van der Waals surface area contributed by atoms with Gasteiger partial charge in [0, 0.05) is 31.6 Å². The molecule has 0 spiro atoms. The molecule has 1 fully saturated rings. The van der Waals surface area contributed by atoms with E-state index >= 15 is 0 Å². The third kappa shape index (κ3) is 5.23. The molecule has 0 aromatic rings. The fourth-order valence-electron chi connectivity index (χ4n) is 2.63. The van der Waals surface area contributed by atoms with Gasteiger partial charge in [-0.1, -0.05) is 24.9 Å². The van der Waals surface area contributed by atoms with Crippen LogP contribution in [0.5, 0.6) is 0 Å². The minimum absolute atomic E-state index is 0.304. The van der Waals surface area contributed by atoms with Crippen LogP contribution in [0, 0.1) is 0 Å². The number of hydrogen-bond donors (Lipinski definition) is 3. The first-order valence-corrected chi connectivity index (χ1v) is 7.07. The van der Waals surface area contributed by atoms with Crippen LogP contribution in [0.2, 0.25) is 0 Å². The lowest BCUT2D eigenvalue weighted by atomic mass is 10.1. The largest absolute Gasteiger partial charge is 0.409 e. The SMILES string of the molecule is CCC(CC(N)=NO)NCCN(C)C1CCCC1. The number of hydrogen-bond acceptors (Lipinski definition) is 4. The molecule has 5 nitrogen and oxygen atoms in total. The summed E-state index contributed by atoms with van der Waals surface area (Å²) in [5, 5.41) is 15.1. The first-order chi connectivity index (χ1) is 8.67. The molecule has 18 heavy (non-hydrogen) atoms. The van der Waals surface area contributed by atoms with Crippen LogP contribution in [-0.4, -0.2) is 48.2 Å². The van der Waals surface area contributed by atoms with Crippen molar-refractivity contribution in [3.05, 3.63) is 0 Å². The molecule has 1 saturated carbocycles. The molecule has 1 atom stereocenters. The predicted octanol–water partition coefficient (Wildman–Crippen LogP) is 1.37. The Kier molecular flexibility index (Phi) is 7.05. The molecule has 1 rings (SSSR count). The highest BCUT2D eigenvalue weighted by Crippen LogP contribution is 2.21. The molecule has 0 heterocycles. The standard InChI is InChI=1S/C13H28N4O/c1-3-11(10-13(14)16-18)15-8-9-17(2)12-6-4-5-7-12/h11-12,15,18H,3-10H2,1-2H3,(H2,14,16). The van der Waals surface area contributed by atoms with Crippen LogP contribution in [0.25, 0.3) is 0 Å². The lowest BCUT2D eigenvalue weighted by Crippen LogP contribution is -2.40. The van der Waals surface area contributed by atoms with Gasteiger partial charge in [-0.2, -0.15) is 0 Å². The minimum atomic E-state index is 0.304. The third-order valence-electron chi connectivity index (χ3n) is 3.92. The zero-order chi connectivity index (χ0) is 13.4. The van der Waals surface area contributed by atoms with Crippen LogP contribution in [0.3, 0.4) is 0 Å². The van der Waals surface area contributed by atoms with Gasteiger partial charge in [-0.3, -0.25) is 0 Å². The maximum Gasteiger partial charge on any atom is 0.140 e. The molecular formula is C13H28N4O. The van der Waals surface area contributed by atoms with Crippen LogP contribution in [0.4, 0.5) is 0 Å². The highest BCUT2D eigenvalue weighted by atomic mass is 16.4. The van der Waals surface area contributed by atoms with E-state index in [1.165, 1.54) is 25.7 Å². The summed E-state index contributed by atoms with van der Waals surface area (Å²) in [6.45, 7) is 4.14. The van der Waals surface area contributed by atoms with E-state index < -0.39 is 0 Å². The smallest absolute Gasteiger partial charge is 0.140 e. The third-order valence-corrected chi connectivity index (χ3v) is 3.92. The van der Waals surface area contributed by atoms with Gasteiger partial charge in [-0.05, 0) is 26.3 Å².